The molecule has 2 aromatic rings. The van der Waals surface area contributed by atoms with E-state index in [1.807, 2.05) is 54.6 Å². The van der Waals surface area contributed by atoms with Gasteiger partial charge in [0.15, 0.2) is 2.14 Å². The van der Waals surface area contributed by atoms with Crippen molar-refractivity contribution >= 4 is 55.8 Å². The van der Waals surface area contributed by atoms with Crippen LogP contribution in [0.25, 0.3) is 0 Å². The van der Waals surface area contributed by atoms with Gasteiger partial charge in [0.05, 0.1) is 24.7 Å². The summed E-state index contributed by atoms with van der Waals surface area (Å²) in [7, 11) is -2.24. The quantitative estimate of drug-likeness (QED) is 0.224. The molecule has 0 amide bonds. The fraction of sp³-hybridized carbons (Fsp3) is 0.458. The van der Waals surface area contributed by atoms with Crippen LogP contribution in [0.15, 0.2) is 54.6 Å². The van der Waals surface area contributed by atoms with Gasteiger partial charge in [-0.15, -0.1) is 0 Å². The smallest absolute Gasteiger partial charge is 0.219 e. The van der Waals surface area contributed by atoms with E-state index in [0.29, 0.717) is 18.8 Å². The minimum atomic E-state index is -2.24. The molecule has 0 radical (unpaired) electrons. The second kappa shape index (κ2) is 10.1. The first-order chi connectivity index (χ1) is 15.6. The van der Waals surface area contributed by atoms with Crippen LogP contribution in [-0.4, -0.2) is 20.7 Å². The Morgan fingerprint density at radius 2 is 1.82 bits per heavy atom. The fourth-order valence-electron chi connectivity index (χ4n) is 4.84. The molecule has 5 nitrogen and oxygen atoms in total. The zero-order valence-electron chi connectivity index (χ0n) is 18.2. The van der Waals surface area contributed by atoms with Crippen LogP contribution >= 0.6 is 55.8 Å². The predicted octanol–water partition coefficient (Wildman–Crippen LogP) is 7.80. The summed E-state index contributed by atoms with van der Waals surface area (Å²) in [5, 5.41) is 10.2. The molecule has 1 saturated heterocycles. The molecule has 6 atom stereocenters. The first-order valence-corrected chi connectivity index (χ1v) is 14.5. The SMILES string of the molecule is CC1(C)[C@@H]([C@@H](O[C@@H]2CCO[PH]2=O)C(Br)(Br)Br)[C@H]1[C@H](C#N)c1cccc(Oc2ccccc2)c1. The lowest BCUT2D eigenvalue weighted by Crippen LogP contribution is -2.34. The van der Waals surface area contributed by atoms with Crippen molar-refractivity contribution in [3.05, 3.63) is 60.2 Å². The average Bonchev–Trinajstić information content (AvgIpc) is 3.08. The van der Waals surface area contributed by atoms with Gasteiger partial charge in [-0.1, -0.05) is 92.0 Å². The Morgan fingerprint density at radius 3 is 2.42 bits per heavy atom. The number of halogens is 3. The van der Waals surface area contributed by atoms with Crippen molar-refractivity contribution in [1.82, 2.24) is 0 Å². The van der Waals surface area contributed by atoms with Gasteiger partial charge < -0.3 is 14.0 Å². The molecule has 0 spiro atoms. The summed E-state index contributed by atoms with van der Waals surface area (Å²) in [6.45, 7) is 4.75. The number of hydrogen-bond donors (Lipinski definition) is 0. The van der Waals surface area contributed by atoms with Gasteiger partial charge in [0.2, 0.25) is 8.03 Å². The van der Waals surface area contributed by atoms with Crippen molar-refractivity contribution in [2.75, 3.05) is 6.61 Å². The third-order valence-electron chi connectivity index (χ3n) is 6.54. The first-order valence-electron chi connectivity index (χ1n) is 10.7. The standard InChI is InChI=1S/C24H25Br3NO4P/c1-23(2)20(21(23)22(24(25,26)27)32-19-11-12-30-33(19)29)18(14-28)15-7-6-10-17(13-15)31-16-8-4-3-5-9-16/h3-10,13,18-22,33H,11-12H2,1-2H3/t18-,19+,20-,21-,22-/m1/s1. The van der Waals surface area contributed by atoms with E-state index in [9.17, 15) is 9.83 Å². The molecule has 33 heavy (non-hydrogen) atoms. The first kappa shape index (κ1) is 25.4. The molecule has 1 saturated carbocycles. The van der Waals surface area contributed by atoms with E-state index in [0.717, 1.165) is 11.3 Å². The van der Waals surface area contributed by atoms with Gasteiger partial charge in [0, 0.05) is 6.42 Å². The Kier molecular flexibility index (Phi) is 7.80. The van der Waals surface area contributed by atoms with Crippen molar-refractivity contribution in [3.8, 4) is 17.6 Å². The summed E-state index contributed by atoms with van der Waals surface area (Å²) in [6, 6.07) is 19.8. The molecular weight excluding hydrogens is 637 g/mol. The Labute approximate surface area is 220 Å². The number of hydrogen-bond acceptors (Lipinski definition) is 5. The molecular formula is C24H25Br3NO4P. The summed E-state index contributed by atoms with van der Waals surface area (Å²) in [5.41, 5.74) is 0.740. The van der Waals surface area contributed by atoms with Crippen molar-refractivity contribution in [3.63, 3.8) is 0 Å². The van der Waals surface area contributed by atoms with Crippen LogP contribution in [0.5, 0.6) is 11.5 Å². The summed E-state index contributed by atoms with van der Waals surface area (Å²) in [5.74, 6) is 0.747. The number of alkyl halides is 3. The van der Waals surface area contributed by atoms with E-state index < -0.39 is 16.0 Å². The fourth-order valence-corrected chi connectivity index (χ4v) is 7.13. The van der Waals surface area contributed by atoms with Crippen LogP contribution in [0.2, 0.25) is 0 Å². The number of benzene rings is 2. The number of nitriles is 1. The molecule has 0 aromatic heterocycles. The minimum absolute atomic E-state index is 0.0365. The highest BCUT2D eigenvalue weighted by molar-refractivity contribution is 9.39. The number of ether oxygens (including phenoxy) is 2. The predicted molar refractivity (Wildman–Crippen MR) is 140 cm³/mol. The molecule has 2 aliphatic rings. The molecule has 2 aromatic carbocycles. The highest BCUT2D eigenvalue weighted by atomic mass is 80.0. The monoisotopic (exact) mass is 659 g/mol. The second-order valence-electron chi connectivity index (χ2n) is 9.01. The summed E-state index contributed by atoms with van der Waals surface area (Å²) in [6.07, 6.45) is 0.244. The molecule has 176 valence electrons. The minimum Gasteiger partial charge on any atom is -0.457 e. The van der Waals surface area contributed by atoms with E-state index in [1.165, 1.54) is 0 Å². The maximum absolute atomic E-state index is 12.2. The Bertz CT molecular complexity index is 1050. The van der Waals surface area contributed by atoms with Crippen molar-refractivity contribution in [2.24, 2.45) is 17.3 Å². The van der Waals surface area contributed by atoms with Crippen LogP contribution in [0.1, 0.15) is 31.7 Å². The second-order valence-corrected chi connectivity index (χ2v) is 17.5. The van der Waals surface area contributed by atoms with Crippen LogP contribution in [0.4, 0.5) is 0 Å². The van der Waals surface area contributed by atoms with Crippen LogP contribution in [0.3, 0.4) is 0 Å². The molecule has 0 N–H and O–H groups in total. The number of nitrogens with zero attached hydrogens (tertiary/aromatic N) is 1. The topological polar surface area (TPSA) is 68.5 Å². The molecule has 1 heterocycles. The zero-order valence-corrected chi connectivity index (χ0v) is 24.0. The van der Waals surface area contributed by atoms with Gasteiger partial charge in [-0.2, -0.15) is 5.26 Å². The van der Waals surface area contributed by atoms with Crippen molar-refractivity contribution < 1.29 is 18.6 Å². The van der Waals surface area contributed by atoms with Gasteiger partial charge in [-0.25, -0.2) is 0 Å². The van der Waals surface area contributed by atoms with E-state index >= 15 is 0 Å². The normalized spacial score (nSPS) is 28.0. The Balaban J connectivity index is 1.58. The maximum atomic E-state index is 12.2. The summed E-state index contributed by atoms with van der Waals surface area (Å²) in [4.78, 5) is 0. The van der Waals surface area contributed by atoms with Crippen molar-refractivity contribution in [1.29, 1.82) is 5.26 Å². The summed E-state index contributed by atoms with van der Waals surface area (Å²) < 4.78 is 29.1. The lowest BCUT2D eigenvalue weighted by atomic mass is 9.91. The Morgan fingerprint density at radius 1 is 1.12 bits per heavy atom. The van der Waals surface area contributed by atoms with Gasteiger partial charge in [-0.3, -0.25) is 4.57 Å². The highest BCUT2D eigenvalue weighted by Gasteiger charge is 2.67. The van der Waals surface area contributed by atoms with E-state index in [1.54, 1.807) is 0 Å². The van der Waals surface area contributed by atoms with E-state index in [-0.39, 0.29) is 29.3 Å². The lowest BCUT2D eigenvalue weighted by molar-refractivity contribution is 0.0173. The maximum Gasteiger partial charge on any atom is 0.219 e. The lowest BCUT2D eigenvalue weighted by Gasteiger charge is -2.29. The van der Waals surface area contributed by atoms with Gasteiger partial charge >= 0.3 is 0 Å². The molecule has 1 aliphatic carbocycles. The molecule has 9 heteroatoms. The molecule has 0 bridgehead atoms. The molecule has 2 fully saturated rings. The van der Waals surface area contributed by atoms with Gasteiger partial charge in [0.1, 0.15) is 17.3 Å². The molecule has 1 unspecified atom stereocenters. The van der Waals surface area contributed by atoms with E-state index in [4.69, 9.17) is 14.0 Å². The molecule has 4 rings (SSSR count). The van der Waals surface area contributed by atoms with Crippen LogP contribution < -0.4 is 4.74 Å². The zero-order chi connectivity index (χ0) is 23.8. The number of rotatable bonds is 7. The summed E-state index contributed by atoms with van der Waals surface area (Å²) >= 11 is 10.9. The molecule has 1 aliphatic heterocycles. The third-order valence-corrected chi connectivity index (χ3v) is 9.33. The van der Waals surface area contributed by atoms with Crippen molar-refractivity contribution in [2.45, 2.75) is 40.3 Å². The van der Waals surface area contributed by atoms with E-state index in [2.05, 4.69) is 67.7 Å². The number of para-hydroxylation sites is 1. The average molecular weight is 662 g/mol. The third kappa shape index (κ3) is 5.60. The van der Waals surface area contributed by atoms with Crippen LogP contribution in [-0.2, 0) is 13.8 Å². The highest BCUT2D eigenvalue weighted by Crippen LogP contribution is 2.69. The largest absolute Gasteiger partial charge is 0.457 e. The van der Waals surface area contributed by atoms with Crippen LogP contribution in [0, 0.1) is 28.6 Å². The van der Waals surface area contributed by atoms with Gasteiger partial charge in [-0.05, 0) is 47.1 Å². The van der Waals surface area contributed by atoms with Gasteiger partial charge in [0.25, 0.3) is 0 Å². The Hall–Kier alpha value is -0.680.